The molecule has 0 aromatic heterocycles. The maximum absolute atomic E-state index is 12.6. The van der Waals surface area contributed by atoms with E-state index in [1.54, 1.807) is 4.90 Å². The van der Waals surface area contributed by atoms with Crippen molar-refractivity contribution >= 4 is 5.91 Å². The smallest absolute Gasteiger partial charge is 0.237 e. The van der Waals surface area contributed by atoms with Crippen LogP contribution in [-0.2, 0) is 4.79 Å². The first-order valence-corrected chi connectivity index (χ1v) is 8.97. The van der Waals surface area contributed by atoms with Crippen molar-refractivity contribution in [3.05, 3.63) is 0 Å². The third-order valence-corrected chi connectivity index (χ3v) is 6.54. The SMILES string of the molecule is CC1C[C@@H](C#N)N(C(=O)CNC2(C)C[C@H]3CC(O)C[C@H]3C2)[C@H]1C. The number of likely N-dealkylation sites (tertiary alicyclic amines) is 1. The van der Waals surface area contributed by atoms with Crippen LogP contribution >= 0.6 is 0 Å². The Morgan fingerprint density at radius 1 is 1.30 bits per heavy atom. The van der Waals surface area contributed by atoms with Gasteiger partial charge in [0.2, 0.25) is 5.91 Å². The molecule has 5 heteroatoms. The summed E-state index contributed by atoms with van der Waals surface area (Å²) in [4.78, 5) is 14.4. The number of nitrogens with zero attached hydrogens (tertiary/aromatic N) is 2. The number of carbonyl (C=O) groups excluding carboxylic acids is 1. The molecule has 128 valence electrons. The fraction of sp³-hybridized carbons (Fsp3) is 0.889. The number of hydrogen-bond donors (Lipinski definition) is 2. The number of fused-ring (bicyclic) bond motifs is 1. The molecule has 0 radical (unpaired) electrons. The molecule has 1 saturated heterocycles. The summed E-state index contributed by atoms with van der Waals surface area (Å²) < 4.78 is 0. The quantitative estimate of drug-likeness (QED) is 0.829. The zero-order valence-electron chi connectivity index (χ0n) is 14.5. The van der Waals surface area contributed by atoms with E-state index in [9.17, 15) is 15.2 Å². The van der Waals surface area contributed by atoms with E-state index in [4.69, 9.17) is 0 Å². The summed E-state index contributed by atoms with van der Waals surface area (Å²) >= 11 is 0. The van der Waals surface area contributed by atoms with Gasteiger partial charge in [0.1, 0.15) is 6.04 Å². The summed E-state index contributed by atoms with van der Waals surface area (Å²) in [5.41, 5.74) is -0.0121. The van der Waals surface area contributed by atoms with Crippen molar-refractivity contribution in [2.75, 3.05) is 6.54 Å². The summed E-state index contributed by atoms with van der Waals surface area (Å²) in [7, 11) is 0. The lowest BCUT2D eigenvalue weighted by molar-refractivity contribution is -0.132. The lowest BCUT2D eigenvalue weighted by Crippen LogP contribution is -2.50. The molecule has 5 nitrogen and oxygen atoms in total. The van der Waals surface area contributed by atoms with Crippen LogP contribution < -0.4 is 5.32 Å². The minimum Gasteiger partial charge on any atom is -0.393 e. The number of amides is 1. The van der Waals surface area contributed by atoms with E-state index in [0.717, 1.165) is 32.1 Å². The zero-order chi connectivity index (χ0) is 16.8. The predicted molar refractivity (Wildman–Crippen MR) is 87.4 cm³/mol. The number of nitrogens with one attached hydrogen (secondary N) is 1. The minimum absolute atomic E-state index is 0.0121. The third-order valence-electron chi connectivity index (χ3n) is 6.54. The Bertz CT molecular complexity index is 501. The van der Waals surface area contributed by atoms with Gasteiger partial charge in [0.25, 0.3) is 0 Å². The number of aliphatic hydroxyl groups is 1. The fourth-order valence-corrected chi connectivity index (χ4v) is 5.18. The van der Waals surface area contributed by atoms with Crippen LogP contribution in [0.2, 0.25) is 0 Å². The molecular weight excluding hydrogens is 290 g/mol. The normalized spacial score (nSPS) is 46.0. The highest BCUT2D eigenvalue weighted by atomic mass is 16.3. The second-order valence-electron chi connectivity index (χ2n) is 8.37. The second kappa shape index (κ2) is 6.07. The lowest BCUT2D eigenvalue weighted by atomic mass is 9.95. The van der Waals surface area contributed by atoms with E-state index >= 15 is 0 Å². The summed E-state index contributed by atoms with van der Waals surface area (Å²) in [6, 6.07) is 2.14. The molecule has 0 aromatic rings. The average molecular weight is 319 g/mol. The second-order valence-corrected chi connectivity index (χ2v) is 8.37. The Labute approximate surface area is 139 Å². The molecule has 2 saturated carbocycles. The lowest BCUT2D eigenvalue weighted by Gasteiger charge is -2.31. The van der Waals surface area contributed by atoms with Crippen molar-refractivity contribution < 1.29 is 9.90 Å². The molecule has 1 heterocycles. The van der Waals surface area contributed by atoms with Crippen molar-refractivity contribution in [2.45, 2.75) is 76.6 Å². The van der Waals surface area contributed by atoms with Gasteiger partial charge in [-0.2, -0.15) is 5.26 Å². The van der Waals surface area contributed by atoms with E-state index in [2.05, 4.69) is 25.2 Å². The molecule has 2 aliphatic carbocycles. The van der Waals surface area contributed by atoms with Gasteiger partial charge in [0, 0.05) is 11.6 Å². The highest BCUT2D eigenvalue weighted by Crippen LogP contribution is 2.48. The Morgan fingerprint density at radius 3 is 2.48 bits per heavy atom. The Kier molecular flexibility index (Phi) is 4.41. The molecule has 0 bridgehead atoms. The standard InChI is InChI=1S/C18H29N3O2/c1-11-4-15(9-19)21(12(11)2)17(23)10-20-18(3)7-13-5-16(22)6-14(13)8-18/h11-16,20,22H,4-8,10H2,1-3H3/t11?,12-,13-,14+,15-,16?,18?/m0/s1. The Balaban J connectivity index is 1.56. The summed E-state index contributed by atoms with van der Waals surface area (Å²) in [6.07, 6.45) is 4.55. The number of nitriles is 1. The van der Waals surface area contributed by atoms with Gasteiger partial charge in [0.15, 0.2) is 0 Å². The molecule has 0 aromatic carbocycles. The van der Waals surface area contributed by atoms with Crippen LogP contribution in [0.3, 0.4) is 0 Å². The number of aliphatic hydroxyl groups excluding tert-OH is 1. The van der Waals surface area contributed by atoms with E-state index in [-0.39, 0.29) is 29.6 Å². The van der Waals surface area contributed by atoms with Gasteiger partial charge in [-0.1, -0.05) is 6.92 Å². The van der Waals surface area contributed by atoms with Crippen LogP contribution in [0.15, 0.2) is 0 Å². The molecular formula is C18H29N3O2. The van der Waals surface area contributed by atoms with E-state index < -0.39 is 0 Å². The first-order chi connectivity index (χ1) is 10.8. The van der Waals surface area contributed by atoms with E-state index in [1.165, 1.54) is 0 Å². The third kappa shape index (κ3) is 3.12. The van der Waals surface area contributed by atoms with E-state index in [1.807, 2.05) is 6.92 Å². The Morgan fingerprint density at radius 2 is 1.91 bits per heavy atom. The highest BCUT2D eigenvalue weighted by Gasteiger charge is 2.47. The first-order valence-electron chi connectivity index (χ1n) is 8.97. The summed E-state index contributed by atoms with van der Waals surface area (Å²) in [5.74, 6) is 1.61. The minimum atomic E-state index is -0.278. The van der Waals surface area contributed by atoms with Gasteiger partial charge in [-0.05, 0) is 63.7 Å². The van der Waals surface area contributed by atoms with Gasteiger partial charge in [-0.15, -0.1) is 0 Å². The molecule has 3 unspecified atom stereocenters. The molecule has 1 amide bonds. The van der Waals surface area contributed by atoms with Crippen LogP contribution in [0.1, 0.15) is 52.9 Å². The van der Waals surface area contributed by atoms with Crippen LogP contribution in [0.25, 0.3) is 0 Å². The van der Waals surface area contributed by atoms with Gasteiger partial charge < -0.3 is 15.3 Å². The maximum atomic E-state index is 12.6. The van der Waals surface area contributed by atoms with Crippen molar-refractivity contribution in [2.24, 2.45) is 17.8 Å². The molecule has 2 N–H and O–H groups in total. The predicted octanol–water partition coefficient (Wildman–Crippen LogP) is 1.66. The molecule has 23 heavy (non-hydrogen) atoms. The van der Waals surface area contributed by atoms with Crippen molar-refractivity contribution in [1.29, 1.82) is 5.26 Å². The summed E-state index contributed by atoms with van der Waals surface area (Å²) in [6.45, 7) is 6.67. The molecule has 3 fully saturated rings. The molecule has 1 aliphatic heterocycles. The van der Waals surface area contributed by atoms with Gasteiger partial charge in [0.05, 0.1) is 18.7 Å². The van der Waals surface area contributed by atoms with Crippen LogP contribution in [-0.4, -0.2) is 46.2 Å². The van der Waals surface area contributed by atoms with Crippen LogP contribution in [0, 0.1) is 29.1 Å². The van der Waals surface area contributed by atoms with Gasteiger partial charge >= 0.3 is 0 Å². The fourth-order valence-electron chi connectivity index (χ4n) is 5.18. The maximum Gasteiger partial charge on any atom is 0.237 e. The number of carbonyl (C=O) groups is 1. The monoisotopic (exact) mass is 319 g/mol. The van der Waals surface area contributed by atoms with Crippen molar-refractivity contribution in [3.63, 3.8) is 0 Å². The van der Waals surface area contributed by atoms with Crippen molar-refractivity contribution in [1.82, 2.24) is 10.2 Å². The number of hydrogen-bond acceptors (Lipinski definition) is 4. The van der Waals surface area contributed by atoms with Gasteiger partial charge in [-0.3, -0.25) is 4.79 Å². The topological polar surface area (TPSA) is 76.4 Å². The Hall–Kier alpha value is -1.12. The molecule has 0 spiro atoms. The first kappa shape index (κ1) is 16.7. The highest BCUT2D eigenvalue weighted by molar-refractivity contribution is 5.79. The molecule has 7 atom stereocenters. The zero-order valence-corrected chi connectivity index (χ0v) is 14.5. The molecule has 3 aliphatic rings. The average Bonchev–Trinajstić information content (AvgIpc) is 3.06. The van der Waals surface area contributed by atoms with Gasteiger partial charge in [-0.25, -0.2) is 0 Å². The largest absolute Gasteiger partial charge is 0.393 e. The van der Waals surface area contributed by atoms with Crippen LogP contribution in [0.4, 0.5) is 0 Å². The van der Waals surface area contributed by atoms with Crippen molar-refractivity contribution in [3.8, 4) is 6.07 Å². The molecule has 3 rings (SSSR count). The number of rotatable bonds is 3. The van der Waals surface area contributed by atoms with Crippen LogP contribution in [0.5, 0.6) is 0 Å². The summed E-state index contributed by atoms with van der Waals surface area (Å²) in [5, 5.41) is 22.5. The van der Waals surface area contributed by atoms with E-state index in [0.29, 0.717) is 24.3 Å².